The highest BCUT2D eigenvalue weighted by Crippen LogP contribution is 2.39. The van der Waals surface area contributed by atoms with Gasteiger partial charge in [0.1, 0.15) is 17.5 Å². The van der Waals surface area contributed by atoms with Gasteiger partial charge in [-0.25, -0.2) is 15.8 Å². The molecule has 0 radical (unpaired) electrons. The Bertz CT molecular complexity index is 485. The number of hydrogen-bond donors (Lipinski definition) is 3. The average Bonchev–Trinajstić information content (AvgIpc) is 3.37. The molecule has 6 heteroatoms. The van der Waals surface area contributed by atoms with E-state index in [9.17, 15) is 0 Å². The van der Waals surface area contributed by atoms with Gasteiger partial charge in [0.05, 0.1) is 0 Å². The first-order valence-electron chi connectivity index (χ1n) is 7.94. The molecule has 0 atom stereocenters. The Hall–Kier alpha value is -1.40. The van der Waals surface area contributed by atoms with Crippen LogP contribution in [0.5, 0.6) is 0 Å². The first-order chi connectivity index (χ1) is 10.3. The Balaban J connectivity index is 1.49. The van der Waals surface area contributed by atoms with Crippen LogP contribution in [0.3, 0.4) is 0 Å². The number of hydrazine groups is 1. The molecule has 0 spiro atoms. The van der Waals surface area contributed by atoms with Crippen molar-refractivity contribution in [1.29, 1.82) is 0 Å². The van der Waals surface area contributed by atoms with Crippen LogP contribution in [0.25, 0.3) is 0 Å². The molecule has 3 rings (SSSR count). The zero-order chi connectivity index (χ0) is 14.7. The Labute approximate surface area is 125 Å². The minimum atomic E-state index is 0.514. The van der Waals surface area contributed by atoms with E-state index in [0.717, 1.165) is 55.1 Å². The number of hydrogen-bond acceptors (Lipinski definition) is 6. The second kappa shape index (κ2) is 6.58. The maximum Gasteiger partial charge on any atom is 0.148 e. The number of aromatic nitrogens is 2. The van der Waals surface area contributed by atoms with Crippen LogP contribution in [0.4, 0.5) is 11.6 Å². The number of nitrogen functional groups attached to an aromatic ring is 1. The van der Waals surface area contributed by atoms with Gasteiger partial charge in [-0.1, -0.05) is 0 Å². The first kappa shape index (κ1) is 14.5. The number of anilines is 2. The number of rotatable bonds is 9. The molecule has 2 aliphatic rings. The Morgan fingerprint density at radius 3 is 2.62 bits per heavy atom. The zero-order valence-corrected chi connectivity index (χ0v) is 12.7. The number of nitrogens with two attached hydrogens (primary N) is 1. The molecular formula is C15H25N5O. The van der Waals surface area contributed by atoms with E-state index in [2.05, 4.69) is 20.7 Å². The van der Waals surface area contributed by atoms with E-state index in [4.69, 9.17) is 10.6 Å². The zero-order valence-electron chi connectivity index (χ0n) is 12.7. The summed E-state index contributed by atoms with van der Waals surface area (Å²) < 4.78 is 5.64. The standard InChI is InChI=1S/C15H25N5O/c1-10-13(17-7-2-8-21-9-11-3-4-11)18-15(12-5-6-12)19-14(10)20-16/h11-12H,2-9,16H2,1H3,(H2,17,18,19,20). The van der Waals surface area contributed by atoms with Crippen LogP contribution in [0.1, 0.15) is 49.4 Å². The van der Waals surface area contributed by atoms with Crippen molar-refractivity contribution in [3.05, 3.63) is 11.4 Å². The van der Waals surface area contributed by atoms with Crippen molar-refractivity contribution in [3.63, 3.8) is 0 Å². The summed E-state index contributed by atoms with van der Waals surface area (Å²) in [4.78, 5) is 9.13. The van der Waals surface area contributed by atoms with Crippen molar-refractivity contribution in [2.75, 3.05) is 30.5 Å². The van der Waals surface area contributed by atoms with Crippen molar-refractivity contribution in [2.24, 2.45) is 11.8 Å². The van der Waals surface area contributed by atoms with Crippen LogP contribution in [0.15, 0.2) is 0 Å². The molecule has 0 saturated heterocycles. The maximum absolute atomic E-state index is 5.64. The van der Waals surface area contributed by atoms with Crippen LogP contribution in [-0.2, 0) is 4.74 Å². The van der Waals surface area contributed by atoms with E-state index < -0.39 is 0 Å². The fraction of sp³-hybridized carbons (Fsp3) is 0.733. The summed E-state index contributed by atoms with van der Waals surface area (Å²) >= 11 is 0. The van der Waals surface area contributed by atoms with E-state index >= 15 is 0 Å². The topological polar surface area (TPSA) is 85.1 Å². The van der Waals surface area contributed by atoms with Gasteiger partial charge in [0.25, 0.3) is 0 Å². The predicted octanol–water partition coefficient (Wildman–Crippen LogP) is 2.18. The van der Waals surface area contributed by atoms with E-state index in [-0.39, 0.29) is 0 Å². The molecule has 1 aromatic rings. The number of nitrogens with one attached hydrogen (secondary N) is 2. The molecular weight excluding hydrogens is 266 g/mol. The molecule has 2 saturated carbocycles. The third-order valence-corrected chi connectivity index (χ3v) is 4.05. The van der Waals surface area contributed by atoms with Crippen molar-refractivity contribution >= 4 is 11.6 Å². The van der Waals surface area contributed by atoms with Crippen LogP contribution in [0, 0.1) is 12.8 Å². The molecule has 1 heterocycles. The Kier molecular flexibility index (Phi) is 4.55. The molecule has 2 fully saturated rings. The number of ether oxygens (including phenoxy) is 1. The molecule has 0 aromatic carbocycles. The Morgan fingerprint density at radius 2 is 1.95 bits per heavy atom. The van der Waals surface area contributed by atoms with Gasteiger partial charge in [-0.3, -0.25) is 0 Å². The van der Waals surface area contributed by atoms with E-state index in [1.807, 2.05) is 6.92 Å². The molecule has 21 heavy (non-hydrogen) atoms. The molecule has 4 N–H and O–H groups in total. The Morgan fingerprint density at radius 1 is 1.19 bits per heavy atom. The second-order valence-corrected chi connectivity index (χ2v) is 6.12. The van der Waals surface area contributed by atoms with Crippen LogP contribution in [-0.4, -0.2) is 29.7 Å². The second-order valence-electron chi connectivity index (χ2n) is 6.12. The first-order valence-corrected chi connectivity index (χ1v) is 7.94. The maximum atomic E-state index is 5.64. The van der Waals surface area contributed by atoms with Crippen molar-refractivity contribution in [2.45, 2.75) is 44.9 Å². The van der Waals surface area contributed by atoms with Gasteiger partial charge in [-0.05, 0) is 44.9 Å². The summed E-state index contributed by atoms with van der Waals surface area (Å²) in [6, 6.07) is 0. The van der Waals surface area contributed by atoms with Crippen LogP contribution < -0.4 is 16.6 Å². The third-order valence-electron chi connectivity index (χ3n) is 4.05. The molecule has 1 aromatic heterocycles. The van der Waals surface area contributed by atoms with Crippen molar-refractivity contribution < 1.29 is 4.74 Å². The largest absolute Gasteiger partial charge is 0.381 e. The molecule has 0 aliphatic heterocycles. The fourth-order valence-electron chi connectivity index (χ4n) is 2.29. The monoisotopic (exact) mass is 291 g/mol. The quantitative estimate of drug-likeness (QED) is 0.367. The lowest BCUT2D eigenvalue weighted by molar-refractivity contribution is 0.124. The van der Waals surface area contributed by atoms with Crippen molar-refractivity contribution in [1.82, 2.24) is 9.97 Å². The molecule has 0 bridgehead atoms. The van der Waals surface area contributed by atoms with Crippen LogP contribution in [0.2, 0.25) is 0 Å². The van der Waals surface area contributed by atoms with Gasteiger partial charge >= 0.3 is 0 Å². The third kappa shape index (κ3) is 4.04. The van der Waals surface area contributed by atoms with E-state index in [1.165, 1.54) is 25.7 Å². The normalized spacial score (nSPS) is 17.8. The summed E-state index contributed by atoms with van der Waals surface area (Å²) in [6.07, 6.45) is 6.04. The molecule has 0 amide bonds. The van der Waals surface area contributed by atoms with Gasteiger partial charge < -0.3 is 15.5 Å². The minimum absolute atomic E-state index is 0.514. The molecule has 2 aliphatic carbocycles. The van der Waals surface area contributed by atoms with Gasteiger partial charge in [-0.2, -0.15) is 0 Å². The summed E-state index contributed by atoms with van der Waals surface area (Å²) in [7, 11) is 0. The van der Waals surface area contributed by atoms with Gasteiger partial charge in [0, 0.05) is 31.2 Å². The molecule has 0 unspecified atom stereocenters. The van der Waals surface area contributed by atoms with Gasteiger partial charge in [0.15, 0.2) is 0 Å². The fourth-order valence-corrected chi connectivity index (χ4v) is 2.29. The minimum Gasteiger partial charge on any atom is -0.381 e. The highest BCUT2D eigenvalue weighted by atomic mass is 16.5. The van der Waals surface area contributed by atoms with E-state index in [0.29, 0.717) is 5.92 Å². The predicted molar refractivity (Wildman–Crippen MR) is 83.2 cm³/mol. The molecule has 116 valence electrons. The van der Waals surface area contributed by atoms with Gasteiger partial charge in [-0.15, -0.1) is 0 Å². The number of nitrogens with zero attached hydrogens (tertiary/aromatic N) is 2. The summed E-state index contributed by atoms with van der Waals surface area (Å²) in [5.74, 6) is 9.41. The summed E-state index contributed by atoms with van der Waals surface area (Å²) in [6.45, 7) is 4.58. The SMILES string of the molecule is Cc1c(NN)nc(C2CC2)nc1NCCCOCC1CC1. The van der Waals surface area contributed by atoms with Crippen molar-refractivity contribution in [3.8, 4) is 0 Å². The van der Waals surface area contributed by atoms with Gasteiger partial charge in [0.2, 0.25) is 0 Å². The summed E-state index contributed by atoms with van der Waals surface area (Å²) in [5, 5.41) is 3.39. The molecule has 6 nitrogen and oxygen atoms in total. The lowest BCUT2D eigenvalue weighted by Crippen LogP contribution is -2.15. The van der Waals surface area contributed by atoms with E-state index in [1.54, 1.807) is 0 Å². The highest BCUT2D eigenvalue weighted by Gasteiger charge is 2.28. The summed E-state index contributed by atoms with van der Waals surface area (Å²) in [5.41, 5.74) is 3.65. The average molecular weight is 291 g/mol. The lowest BCUT2D eigenvalue weighted by atomic mass is 10.2. The van der Waals surface area contributed by atoms with Crippen LogP contribution >= 0.6 is 0 Å². The smallest absolute Gasteiger partial charge is 0.148 e. The lowest BCUT2D eigenvalue weighted by Gasteiger charge is -2.13. The highest BCUT2D eigenvalue weighted by molar-refractivity contribution is 5.57.